The van der Waals surface area contributed by atoms with Crippen LogP contribution >= 0.6 is 0 Å². The Morgan fingerprint density at radius 1 is 1.12 bits per heavy atom. The first-order chi connectivity index (χ1) is 12.5. The summed E-state index contributed by atoms with van der Waals surface area (Å²) >= 11 is 0. The Hall–Kier alpha value is -2.02. The van der Waals surface area contributed by atoms with Crippen LogP contribution in [0.25, 0.3) is 0 Å². The molecule has 1 aromatic carbocycles. The largest absolute Gasteiger partial charge is 0.352 e. The molecule has 3 rings (SSSR count). The Morgan fingerprint density at radius 2 is 1.92 bits per heavy atom. The van der Waals surface area contributed by atoms with E-state index in [-0.39, 0.29) is 18.0 Å². The first kappa shape index (κ1) is 18.8. The Morgan fingerprint density at radius 3 is 2.65 bits per heavy atom. The number of halogens is 2. The minimum atomic E-state index is -0.886. The highest BCUT2D eigenvalue weighted by atomic mass is 19.1. The minimum Gasteiger partial charge on any atom is -0.352 e. The highest BCUT2D eigenvalue weighted by molar-refractivity contribution is 5.94. The van der Waals surface area contributed by atoms with Gasteiger partial charge in [-0.2, -0.15) is 0 Å². The molecule has 0 atom stereocenters. The number of hydrogen-bond donors (Lipinski definition) is 1. The summed E-state index contributed by atoms with van der Waals surface area (Å²) < 4.78 is 26.4. The Balaban J connectivity index is 1.37. The topological polar surface area (TPSA) is 52.7 Å². The molecule has 0 aromatic heterocycles. The SMILES string of the molecule is O=C(NCCCC(=O)N1CCCN(C2CC2)CC1)c1ccc(F)cc1F. The van der Waals surface area contributed by atoms with Crippen LogP contribution in [-0.2, 0) is 4.79 Å². The lowest BCUT2D eigenvalue weighted by molar-refractivity contribution is -0.131. The predicted octanol–water partition coefficient (Wildman–Crippen LogP) is 2.17. The number of nitrogens with one attached hydrogen (secondary N) is 1. The maximum absolute atomic E-state index is 13.5. The van der Waals surface area contributed by atoms with Crippen molar-refractivity contribution in [3.63, 3.8) is 0 Å². The zero-order valence-corrected chi connectivity index (χ0v) is 14.8. The van der Waals surface area contributed by atoms with Gasteiger partial charge in [0.05, 0.1) is 5.56 Å². The molecule has 2 aliphatic rings. The van der Waals surface area contributed by atoms with Crippen molar-refractivity contribution in [3.8, 4) is 0 Å². The van der Waals surface area contributed by atoms with Crippen LogP contribution in [0.15, 0.2) is 18.2 Å². The molecule has 1 heterocycles. The van der Waals surface area contributed by atoms with Gasteiger partial charge in [0.25, 0.3) is 5.91 Å². The van der Waals surface area contributed by atoms with E-state index in [1.165, 1.54) is 12.8 Å². The number of amides is 2. The van der Waals surface area contributed by atoms with Crippen molar-refractivity contribution < 1.29 is 18.4 Å². The summed E-state index contributed by atoms with van der Waals surface area (Å²) in [4.78, 5) is 28.6. The van der Waals surface area contributed by atoms with Gasteiger partial charge in [-0.15, -0.1) is 0 Å². The molecule has 1 aliphatic carbocycles. The third kappa shape index (κ3) is 5.00. The van der Waals surface area contributed by atoms with E-state index >= 15 is 0 Å². The third-order valence-corrected chi connectivity index (χ3v) is 4.98. The van der Waals surface area contributed by atoms with Crippen molar-refractivity contribution in [2.45, 2.75) is 38.1 Å². The summed E-state index contributed by atoms with van der Waals surface area (Å²) in [5.41, 5.74) is -0.189. The van der Waals surface area contributed by atoms with E-state index in [2.05, 4.69) is 10.2 Å². The molecule has 7 heteroatoms. The number of hydrogen-bond acceptors (Lipinski definition) is 3. The van der Waals surface area contributed by atoms with Crippen molar-refractivity contribution in [1.82, 2.24) is 15.1 Å². The molecule has 1 saturated carbocycles. The summed E-state index contributed by atoms with van der Waals surface area (Å²) in [7, 11) is 0. The van der Waals surface area contributed by atoms with Crippen molar-refractivity contribution in [3.05, 3.63) is 35.4 Å². The van der Waals surface area contributed by atoms with Gasteiger partial charge in [-0.05, 0) is 37.8 Å². The fraction of sp³-hybridized carbons (Fsp3) is 0.579. The lowest BCUT2D eigenvalue weighted by Gasteiger charge is -2.21. The van der Waals surface area contributed by atoms with Crippen molar-refractivity contribution in [2.75, 3.05) is 32.7 Å². The van der Waals surface area contributed by atoms with E-state index in [1.54, 1.807) is 0 Å². The second-order valence-electron chi connectivity index (χ2n) is 6.99. The second-order valence-corrected chi connectivity index (χ2v) is 6.99. The lowest BCUT2D eigenvalue weighted by Crippen LogP contribution is -2.36. The minimum absolute atomic E-state index is 0.102. The summed E-state index contributed by atoms with van der Waals surface area (Å²) in [5.74, 6) is -2.10. The third-order valence-electron chi connectivity index (χ3n) is 4.98. The second kappa shape index (κ2) is 8.58. The molecule has 1 aromatic rings. The van der Waals surface area contributed by atoms with E-state index in [1.807, 2.05) is 4.90 Å². The average molecular weight is 365 g/mol. The van der Waals surface area contributed by atoms with E-state index in [9.17, 15) is 18.4 Å². The first-order valence-electron chi connectivity index (χ1n) is 9.29. The molecule has 1 N–H and O–H groups in total. The maximum Gasteiger partial charge on any atom is 0.254 e. The summed E-state index contributed by atoms with van der Waals surface area (Å²) in [6.07, 6.45) is 4.42. The van der Waals surface area contributed by atoms with E-state index in [0.717, 1.165) is 50.8 Å². The first-order valence-corrected chi connectivity index (χ1v) is 9.29. The van der Waals surface area contributed by atoms with Crippen LogP contribution in [0.1, 0.15) is 42.5 Å². The normalized spacial score (nSPS) is 18.5. The van der Waals surface area contributed by atoms with Gasteiger partial charge < -0.3 is 10.2 Å². The number of benzene rings is 1. The van der Waals surface area contributed by atoms with Crippen molar-refractivity contribution in [1.29, 1.82) is 0 Å². The fourth-order valence-electron chi connectivity index (χ4n) is 3.36. The number of rotatable bonds is 6. The highest BCUT2D eigenvalue weighted by Gasteiger charge is 2.30. The van der Waals surface area contributed by atoms with Crippen LogP contribution < -0.4 is 5.32 Å². The molecule has 5 nitrogen and oxygen atoms in total. The number of carbonyl (C=O) groups excluding carboxylic acids is 2. The standard InChI is InChI=1S/C19H25F2N3O2/c20-14-4-7-16(17(21)13-14)19(26)22-8-1-3-18(25)24-10-2-9-23(11-12-24)15-5-6-15/h4,7,13,15H,1-3,5-6,8-12H2,(H,22,26). The van der Waals surface area contributed by atoms with Crippen molar-refractivity contribution >= 4 is 11.8 Å². The predicted molar refractivity (Wildman–Crippen MR) is 93.7 cm³/mol. The van der Waals surface area contributed by atoms with Crippen LogP contribution in [0.4, 0.5) is 8.78 Å². The molecule has 1 saturated heterocycles. The summed E-state index contributed by atoms with van der Waals surface area (Å²) in [6.45, 7) is 3.84. The Labute approximate surface area is 152 Å². The zero-order valence-electron chi connectivity index (χ0n) is 14.8. The van der Waals surface area contributed by atoms with Gasteiger partial charge in [-0.1, -0.05) is 0 Å². The van der Waals surface area contributed by atoms with Gasteiger partial charge in [0.15, 0.2) is 0 Å². The monoisotopic (exact) mass is 365 g/mol. The quantitative estimate of drug-likeness (QED) is 0.786. The number of nitrogens with zero attached hydrogens (tertiary/aromatic N) is 2. The van der Waals surface area contributed by atoms with Crippen LogP contribution in [-0.4, -0.2) is 60.4 Å². The molecule has 0 radical (unpaired) electrons. The maximum atomic E-state index is 13.5. The smallest absolute Gasteiger partial charge is 0.254 e. The molecule has 1 aliphatic heterocycles. The van der Waals surface area contributed by atoms with Gasteiger partial charge in [0, 0.05) is 51.3 Å². The highest BCUT2D eigenvalue weighted by Crippen LogP contribution is 2.27. The Bertz CT molecular complexity index is 664. The Kier molecular flexibility index (Phi) is 6.19. The summed E-state index contributed by atoms with van der Waals surface area (Å²) in [6, 6.07) is 3.58. The summed E-state index contributed by atoms with van der Waals surface area (Å²) in [5, 5.41) is 2.58. The van der Waals surface area contributed by atoms with Crippen LogP contribution in [0.2, 0.25) is 0 Å². The van der Waals surface area contributed by atoms with Gasteiger partial charge >= 0.3 is 0 Å². The van der Waals surface area contributed by atoms with Gasteiger partial charge in [0.1, 0.15) is 11.6 Å². The van der Waals surface area contributed by atoms with Crippen LogP contribution in [0.5, 0.6) is 0 Å². The molecule has 2 fully saturated rings. The molecule has 2 amide bonds. The molecule has 0 spiro atoms. The molecule has 0 bridgehead atoms. The molecular formula is C19H25F2N3O2. The fourth-order valence-corrected chi connectivity index (χ4v) is 3.36. The zero-order chi connectivity index (χ0) is 18.5. The van der Waals surface area contributed by atoms with E-state index < -0.39 is 17.5 Å². The molecule has 142 valence electrons. The lowest BCUT2D eigenvalue weighted by atomic mass is 10.2. The van der Waals surface area contributed by atoms with Crippen LogP contribution in [0.3, 0.4) is 0 Å². The van der Waals surface area contributed by atoms with E-state index in [0.29, 0.717) is 18.9 Å². The molecule has 0 unspecified atom stereocenters. The molecular weight excluding hydrogens is 340 g/mol. The molecule has 26 heavy (non-hydrogen) atoms. The average Bonchev–Trinajstić information content (AvgIpc) is 3.43. The van der Waals surface area contributed by atoms with Gasteiger partial charge in [0.2, 0.25) is 5.91 Å². The number of carbonyl (C=O) groups is 2. The van der Waals surface area contributed by atoms with Gasteiger partial charge in [-0.25, -0.2) is 8.78 Å². The van der Waals surface area contributed by atoms with Gasteiger partial charge in [-0.3, -0.25) is 14.5 Å². The van der Waals surface area contributed by atoms with E-state index in [4.69, 9.17) is 0 Å². The van der Waals surface area contributed by atoms with Crippen molar-refractivity contribution in [2.24, 2.45) is 0 Å². The van der Waals surface area contributed by atoms with Crippen LogP contribution in [0, 0.1) is 11.6 Å².